The number of ketones is 1. The molecule has 0 bridgehead atoms. The topological polar surface area (TPSA) is 101 Å². The molecule has 8 heteroatoms. The maximum atomic E-state index is 12.9. The lowest BCUT2D eigenvalue weighted by Gasteiger charge is -2.23. The number of aromatic amines is 1. The molecule has 0 aliphatic rings. The normalized spacial score (nSPS) is 11.8. The number of esters is 1. The van der Waals surface area contributed by atoms with Crippen molar-refractivity contribution in [2.24, 2.45) is 0 Å². The molecule has 8 nitrogen and oxygen atoms in total. The Bertz CT molecular complexity index is 902. The maximum Gasteiger partial charge on any atom is 0.339 e. The molecule has 2 N–H and O–H groups in total. The summed E-state index contributed by atoms with van der Waals surface area (Å²) in [6.07, 6.45) is 0. The van der Waals surface area contributed by atoms with Gasteiger partial charge < -0.3 is 19.8 Å². The summed E-state index contributed by atoms with van der Waals surface area (Å²) in [5.41, 5.74) is 2.47. The van der Waals surface area contributed by atoms with E-state index >= 15 is 0 Å². The van der Waals surface area contributed by atoms with Gasteiger partial charge in [0.05, 0.1) is 38.1 Å². The van der Waals surface area contributed by atoms with Gasteiger partial charge in [0.25, 0.3) is 0 Å². The fourth-order valence-corrected chi connectivity index (χ4v) is 3.05. The van der Waals surface area contributed by atoms with Crippen LogP contribution in [-0.4, -0.2) is 61.4 Å². The monoisotopic (exact) mass is 401 g/mol. The van der Waals surface area contributed by atoms with Crippen LogP contribution in [0.1, 0.15) is 39.0 Å². The maximum absolute atomic E-state index is 12.9. The molecule has 0 aliphatic heterocycles. The first kappa shape index (κ1) is 22.2. The van der Waals surface area contributed by atoms with Gasteiger partial charge in [0.2, 0.25) is 5.91 Å². The first-order valence-electron chi connectivity index (χ1n) is 9.15. The van der Waals surface area contributed by atoms with E-state index in [1.165, 1.54) is 7.11 Å². The van der Waals surface area contributed by atoms with Gasteiger partial charge in [0, 0.05) is 11.4 Å². The summed E-state index contributed by atoms with van der Waals surface area (Å²) in [5, 5.41) is 2.79. The third kappa shape index (κ3) is 5.03. The number of rotatable bonds is 8. The highest BCUT2D eigenvalue weighted by atomic mass is 16.5. The number of aromatic nitrogens is 1. The van der Waals surface area contributed by atoms with E-state index in [2.05, 4.69) is 10.3 Å². The molecule has 0 aliphatic carbocycles. The highest BCUT2D eigenvalue weighted by molar-refractivity contribution is 6.04. The largest absolute Gasteiger partial charge is 0.497 e. The fourth-order valence-electron chi connectivity index (χ4n) is 3.05. The molecule has 2 aromatic rings. The first-order valence-corrected chi connectivity index (χ1v) is 9.15. The molecular formula is C21H27N3O5. The van der Waals surface area contributed by atoms with Crippen molar-refractivity contribution in [1.29, 1.82) is 0 Å². The number of Topliss-reactive ketones (excluding diaryl/α,β-unsaturated/α-hetero) is 1. The average Bonchev–Trinajstić information content (AvgIpc) is 3.00. The second kappa shape index (κ2) is 9.38. The molecule has 0 saturated carbocycles. The zero-order chi connectivity index (χ0) is 21.7. The number of likely N-dealkylation sites (N-methyl/N-ethyl adjacent to an activating group) is 1. The van der Waals surface area contributed by atoms with Crippen molar-refractivity contribution in [3.8, 4) is 5.75 Å². The molecular weight excluding hydrogens is 374 g/mol. The summed E-state index contributed by atoms with van der Waals surface area (Å²) >= 11 is 0. The van der Waals surface area contributed by atoms with Crippen LogP contribution in [0, 0.1) is 13.8 Å². The van der Waals surface area contributed by atoms with E-state index in [0.717, 1.165) is 0 Å². The number of amides is 1. The highest BCUT2D eigenvalue weighted by Gasteiger charge is 2.27. The van der Waals surface area contributed by atoms with E-state index in [1.807, 2.05) is 0 Å². The summed E-state index contributed by atoms with van der Waals surface area (Å²) in [4.78, 5) is 41.8. The lowest BCUT2D eigenvalue weighted by atomic mass is 10.0. The lowest BCUT2D eigenvalue weighted by Crippen LogP contribution is -2.41. The third-order valence-corrected chi connectivity index (χ3v) is 4.88. The number of benzene rings is 1. The predicted molar refractivity (Wildman–Crippen MR) is 110 cm³/mol. The summed E-state index contributed by atoms with van der Waals surface area (Å²) in [6, 6.07) is 6.41. The van der Waals surface area contributed by atoms with Crippen molar-refractivity contribution in [2.45, 2.75) is 26.8 Å². The van der Waals surface area contributed by atoms with Crippen LogP contribution in [0.25, 0.3) is 0 Å². The number of H-pyrrole nitrogens is 1. The number of carbonyl (C=O) groups excluding carboxylic acids is 3. The van der Waals surface area contributed by atoms with E-state index in [1.54, 1.807) is 64.1 Å². The number of hydrogen-bond acceptors (Lipinski definition) is 6. The molecule has 0 spiro atoms. The zero-order valence-electron chi connectivity index (χ0n) is 17.6. The number of nitrogens with one attached hydrogen (secondary N) is 2. The number of carbonyl (C=O) groups is 3. The first-order chi connectivity index (χ1) is 13.7. The van der Waals surface area contributed by atoms with Gasteiger partial charge in [0.1, 0.15) is 5.75 Å². The van der Waals surface area contributed by atoms with Crippen LogP contribution in [0.15, 0.2) is 24.3 Å². The molecule has 29 heavy (non-hydrogen) atoms. The van der Waals surface area contributed by atoms with Crippen LogP contribution < -0.4 is 10.1 Å². The van der Waals surface area contributed by atoms with Crippen LogP contribution >= 0.6 is 0 Å². The van der Waals surface area contributed by atoms with Crippen LogP contribution in [0.2, 0.25) is 0 Å². The Morgan fingerprint density at radius 3 is 2.31 bits per heavy atom. The van der Waals surface area contributed by atoms with Crippen LogP contribution in [-0.2, 0) is 9.53 Å². The van der Waals surface area contributed by atoms with Crippen molar-refractivity contribution in [3.05, 3.63) is 46.8 Å². The van der Waals surface area contributed by atoms with Crippen LogP contribution in [0.4, 0.5) is 5.69 Å². The third-order valence-electron chi connectivity index (χ3n) is 4.88. The molecule has 2 rings (SSSR count). The molecule has 1 aromatic heterocycles. The SMILES string of the molecule is COC(=O)c1c(C)[nH]c(C(=O)C(C)N(C)CC(=O)Nc2ccc(OC)cc2)c1C. The Hall–Kier alpha value is -3.13. The average molecular weight is 401 g/mol. The van der Waals surface area contributed by atoms with Crippen molar-refractivity contribution in [2.75, 3.05) is 33.1 Å². The van der Waals surface area contributed by atoms with E-state index in [-0.39, 0.29) is 18.2 Å². The molecule has 0 saturated heterocycles. The molecule has 1 heterocycles. The molecule has 1 aromatic carbocycles. The van der Waals surface area contributed by atoms with Crippen molar-refractivity contribution >= 4 is 23.3 Å². The number of aryl methyl sites for hydroxylation is 1. The van der Waals surface area contributed by atoms with Crippen molar-refractivity contribution in [3.63, 3.8) is 0 Å². The molecule has 1 atom stereocenters. The Kier molecular flexibility index (Phi) is 7.17. The Labute approximate surface area is 170 Å². The molecule has 0 fully saturated rings. The van der Waals surface area contributed by atoms with Gasteiger partial charge in [0.15, 0.2) is 5.78 Å². The van der Waals surface area contributed by atoms with Crippen molar-refractivity contribution < 1.29 is 23.9 Å². The second-order valence-corrected chi connectivity index (χ2v) is 6.85. The number of nitrogens with zero attached hydrogens (tertiary/aromatic N) is 1. The summed E-state index contributed by atoms with van der Waals surface area (Å²) in [5.74, 6) is -0.245. The summed E-state index contributed by atoms with van der Waals surface area (Å²) in [6.45, 7) is 5.16. The van der Waals surface area contributed by atoms with Gasteiger partial charge in [-0.1, -0.05) is 0 Å². The van der Waals surface area contributed by atoms with E-state index in [0.29, 0.717) is 34.0 Å². The Balaban J connectivity index is 2.05. The van der Waals surface area contributed by atoms with Gasteiger partial charge in [-0.3, -0.25) is 14.5 Å². The molecule has 156 valence electrons. The van der Waals surface area contributed by atoms with Gasteiger partial charge in [-0.15, -0.1) is 0 Å². The second-order valence-electron chi connectivity index (χ2n) is 6.85. The fraction of sp³-hybridized carbons (Fsp3) is 0.381. The molecule has 1 amide bonds. The number of anilines is 1. The Morgan fingerprint density at radius 1 is 1.14 bits per heavy atom. The highest BCUT2D eigenvalue weighted by Crippen LogP contribution is 2.21. The quantitative estimate of drug-likeness (QED) is 0.521. The van der Waals surface area contributed by atoms with Crippen molar-refractivity contribution in [1.82, 2.24) is 9.88 Å². The predicted octanol–water partition coefficient (Wildman–Crippen LogP) is 2.57. The lowest BCUT2D eigenvalue weighted by molar-refractivity contribution is -0.117. The van der Waals surface area contributed by atoms with Gasteiger partial charge >= 0.3 is 5.97 Å². The van der Waals surface area contributed by atoms with Gasteiger partial charge in [-0.05, 0) is 57.6 Å². The number of hydrogen-bond donors (Lipinski definition) is 2. The van der Waals surface area contributed by atoms with E-state index in [4.69, 9.17) is 9.47 Å². The van der Waals surface area contributed by atoms with Gasteiger partial charge in [-0.2, -0.15) is 0 Å². The van der Waals surface area contributed by atoms with E-state index in [9.17, 15) is 14.4 Å². The van der Waals surface area contributed by atoms with Gasteiger partial charge in [-0.25, -0.2) is 4.79 Å². The number of methoxy groups -OCH3 is 2. The minimum Gasteiger partial charge on any atom is -0.497 e. The number of ether oxygens (including phenoxy) is 2. The Morgan fingerprint density at radius 2 is 1.76 bits per heavy atom. The van der Waals surface area contributed by atoms with Crippen LogP contribution in [0.5, 0.6) is 5.75 Å². The van der Waals surface area contributed by atoms with Crippen LogP contribution in [0.3, 0.4) is 0 Å². The standard InChI is InChI=1S/C21H27N3O5/c1-12-18(21(27)29-6)13(2)22-19(12)20(26)14(3)24(4)11-17(25)23-15-7-9-16(28-5)10-8-15/h7-10,14,22H,11H2,1-6H3,(H,23,25). The zero-order valence-corrected chi connectivity index (χ0v) is 17.6. The summed E-state index contributed by atoms with van der Waals surface area (Å²) < 4.78 is 9.87. The smallest absolute Gasteiger partial charge is 0.339 e. The molecule has 1 unspecified atom stereocenters. The minimum atomic E-state index is -0.570. The van der Waals surface area contributed by atoms with E-state index < -0.39 is 12.0 Å². The minimum absolute atomic E-state index is 0.0293. The summed E-state index contributed by atoms with van der Waals surface area (Å²) in [7, 11) is 4.57. The molecule has 0 radical (unpaired) electrons.